The van der Waals surface area contributed by atoms with E-state index in [-0.39, 0.29) is 17.0 Å². The van der Waals surface area contributed by atoms with Crippen molar-refractivity contribution in [2.24, 2.45) is 0 Å². The molecule has 2 aromatic heterocycles. The lowest BCUT2D eigenvalue weighted by atomic mass is 10.1. The number of phosphoric acid groups is 2. The molecule has 2 fully saturated rings. The standard InChI is InChI=1S/C20H29N5O15P2/c1-8(2)3-11(26)39-16-10(38-20(30)15(16)29)5-36-42(33,34)40-41(31,32)35-4-9-13(27)14(28)19(37-9)25-7-24-12-17(21)22-6-23-18(12)25/h3,6-7,9-10,13-16,19-20,27-30H,4-5H2,1-2H3,(H,31,32)(H,33,34)(H2,21,22,23)/t9-,10-,13-,14-,15-,16-,19-,20?/m1/s1. The number of carbonyl (C=O) groups excluding carboxylic acids is 1. The van der Waals surface area contributed by atoms with Gasteiger partial charge in [-0.2, -0.15) is 4.31 Å². The van der Waals surface area contributed by atoms with Crippen LogP contribution in [0.25, 0.3) is 11.2 Å². The Morgan fingerprint density at radius 2 is 1.64 bits per heavy atom. The Morgan fingerprint density at radius 3 is 2.29 bits per heavy atom. The minimum absolute atomic E-state index is 0.0489. The van der Waals surface area contributed by atoms with E-state index >= 15 is 0 Å². The van der Waals surface area contributed by atoms with E-state index < -0.39 is 84.0 Å². The van der Waals surface area contributed by atoms with Crippen molar-refractivity contribution in [2.75, 3.05) is 18.9 Å². The molecule has 0 radical (unpaired) electrons. The third kappa shape index (κ3) is 7.37. The number of aromatic nitrogens is 4. The van der Waals surface area contributed by atoms with Gasteiger partial charge in [-0.05, 0) is 13.8 Å². The number of aliphatic hydroxyl groups excluding tert-OH is 4. The zero-order valence-electron chi connectivity index (χ0n) is 21.9. The first-order valence-corrected chi connectivity index (χ1v) is 15.1. The van der Waals surface area contributed by atoms with Crippen LogP contribution in [0.4, 0.5) is 5.82 Å². The Labute approximate surface area is 236 Å². The van der Waals surface area contributed by atoms with E-state index in [2.05, 4.69) is 28.3 Å². The highest BCUT2D eigenvalue weighted by Gasteiger charge is 2.48. The summed E-state index contributed by atoms with van der Waals surface area (Å²) in [5.41, 5.74) is 6.65. The predicted octanol–water partition coefficient (Wildman–Crippen LogP) is -1.77. The first-order chi connectivity index (χ1) is 19.6. The smallest absolute Gasteiger partial charge is 0.453 e. The lowest BCUT2D eigenvalue weighted by Gasteiger charge is -2.22. The molecule has 10 atom stereocenters. The SMILES string of the molecule is CC(C)=CC(=O)O[C@@H]1[C@@H](COP(=O)(O)OP(=O)(O)OC[C@H]2O[C@@H](n3cnc4c(N)ncnc43)[C@H](O)[C@@H]2O)OC(O)[C@@H]1O. The molecule has 8 N–H and O–H groups in total. The van der Waals surface area contributed by atoms with Gasteiger partial charge in [0, 0.05) is 6.08 Å². The van der Waals surface area contributed by atoms with Gasteiger partial charge in [0.2, 0.25) is 0 Å². The third-order valence-electron chi connectivity index (χ3n) is 5.98. The molecule has 0 saturated carbocycles. The molecular weight excluding hydrogens is 612 g/mol. The number of rotatable bonds is 11. The van der Waals surface area contributed by atoms with Crippen molar-refractivity contribution in [1.29, 1.82) is 0 Å². The summed E-state index contributed by atoms with van der Waals surface area (Å²) < 4.78 is 55.0. The summed E-state index contributed by atoms with van der Waals surface area (Å²) in [7, 11) is -10.8. The number of hydrogen-bond acceptors (Lipinski definition) is 17. The Bertz CT molecular complexity index is 1420. The number of phosphoric ester groups is 2. The van der Waals surface area contributed by atoms with Crippen LogP contribution in [0.3, 0.4) is 0 Å². The number of aliphatic hydroxyl groups is 4. The number of nitrogen functional groups attached to an aromatic ring is 1. The molecule has 0 aromatic carbocycles. The fourth-order valence-electron chi connectivity index (χ4n) is 4.07. The first kappa shape index (κ1) is 32.5. The van der Waals surface area contributed by atoms with E-state index in [0.717, 1.165) is 12.4 Å². The van der Waals surface area contributed by atoms with E-state index in [1.807, 2.05) is 0 Å². The number of esters is 1. The Morgan fingerprint density at radius 1 is 1.00 bits per heavy atom. The van der Waals surface area contributed by atoms with Crippen LogP contribution < -0.4 is 5.73 Å². The number of anilines is 1. The van der Waals surface area contributed by atoms with Gasteiger partial charge >= 0.3 is 21.6 Å². The topological polar surface area (TPSA) is 298 Å². The van der Waals surface area contributed by atoms with Gasteiger partial charge in [-0.3, -0.25) is 13.6 Å². The molecule has 22 heteroatoms. The number of imidazole rings is 1. The lowest BCUT2D eigenvalue weighted by molar-refractivity contribution is -0.150. The van der Waals surface area contributed by atoms with Crippen molar-refractivity contribution >= 4 is 38.6 Å². The highest BCUT2D eigenvalue weighted by atomic mass is 31.3. The number of ether oxygens (including phenoxy) is 3. The summed E-state index contributed by atoms with van der Waals surface area (Å²) in [6.45, 7) is 1.35. The monoisotopic (exact) mass is 641 g/mol. The van der Waals surface area contributed by atoms with Crippen molar-refractivity contribution in [3.63, 3.8) is 0 Å². The van der Waals surface area contributed by atoms with Crippen molar-refractivity contribution in [2.45, 2.75) is 63.0 Å². The predicted molar refractivity (Wildman–Crippen MR) is 134 cm³/mol. The van der Waals surface area contributed by atoms with Crippen LogP contribution in [0.1, 0.15) is 20.1 Å². The van der Waals surface area contributed by atoms with Gasteiger partial charge in [-0.25, -0.2) is 28.9 Å². The largest absolute Gasteiger partial charge is 0.481 e. The maximum absolute atomic E-state index is 12.4. The lowest BCUT2D eigenvalue weighted by Crippen LogP contribution is -2.38. The molecule has 2 aromatic rings. The summed E-state index contributed by atoms with van der Waals surface area (Å²) in [5.74, 6) is -0.853. The van der Waals surface area contributed by atoms with E-state index in [0.29, 0.717) is 5.57 Å². The van der Waals surface area contributed by atoms with Gasteiger partial charge in [-0.15, -0.1) is 0 Å². The quantitative estimate of drug-likeness (QED) is 0.0811. The molecule has 0 bridgehead atoms. The van der Waals surface area contributed by atoms with Gasteiger partial charge in [0.05, 0.1) is 19.5 Å². The zero-order chi connectivity index (χ0) is 31.0. The average molecular weight is 641 g/mol. The van der Waals surface area contributed by atoms with Crippen LogP contribution in [-0.2, 0) is 41.5 Å². The van der Waals surface area contributed by atoms with E-state index in [9.17, 15) is 44.1 Å². The fourth-order valence-corrected chi connectivity index (χ4v) is 6.16. The molecule has 0 spiro atoms. The highest BCUT2D eigenvalue weighted by Crippen LogP contribution is 2.60. The summed E-state index contributed by atoms with van der Waals surface area (Å²) in [5, 5.41) is 40.6. The van der Waals surface area contributed by atoms with Crippen LogP contribution in [0, 0.1) is 0 Å². The van der Waals surface area contributed by atoms with Gasteiger partial charge in [0.15, 0.2) is 30.1 Å². The van der Waals surface area contributed by atoms with Gasteiger partial charge in [0.1, 0.15) is 42.4 Å². The van der Waals surface area contributed by atoms with Crippen LogP contribution in [0.5, 0.6) is 0 Å². The molecular formula is C20H29N5O15P2. The fraction of sp³-hybridized carbons (Fsp3) is 0.600. The van der Waals surface area contributed by atoms with Gasteiger partial charge in [0.25, 0.3) is 0 Å². The third-order valence-corrected chi connectivity index (χ3v) is 8.58. The zero-order valence-corrected chi connectivity index (χ0v) is 23.7. The second kappa shape index (κ2) is 12.7. The van der Waals surface area contributed by atoms with E-state index in [1.165, 1.54) is 10.9 Å². The number of nitrogens with zero attached hydrogens (tertiary/aromatic N) is 4. The van der Waals surface area contributed by atoms with E-state index in [1.54, 1.807) is 13.8 Å². The van der Waals surface area contributed by atoms with Crippen molar-refractivity contribution in [3.8, 4) is 0 Å². The normalized spacial score (nSPS) is 32.4. The molecule has 3 unspecified atom stereocenters. The Kier molecular flexibility index (Phi) is 9.80. The molecule has 4 rings (SSSR count). The van der Waals surface area contributed by atoms with Crippen LogP contribution in [0.2, 0.25) is 0 Å². The Hall–Kier alpha value is -2.42. The molecule has 2 aliphatic heterocycles. The molecule has 234 valence electrons. The van der Waals surface area contributed by atoms with Gasteiger partial charge < -0.3 is 50.2 Å². The number of allylic oxidation sites excluding steroid dienone is 1. The summed E-state index contributed by atoms with van der Waals surface area (Å²) >= 11 is 0. The first-order valence-electron chi connectivity index (χ1n) is 12.1. The van der Waals surface area contributed by atoms with Crippen LogP contribution in [-0.4, -0.2) is 112 Å². The molecule has 0 amide bonds. The maximum atomic E-state index is 12.4. The summed E-state index contributed by atoms with van der Waals surface area (Å²) in [6, 6.07) is 0. The molecule has 0 aliphatic carbocycles. The Balaban J connectivity index is 1.33. The van der Waals surface area contributed by atoms with Crippen molar-refractivity contribution < 1.29 is 71.7 Å². The second-order valence-corrected chi connectivity index (χ2v) is 12.5. The minimum Gasteiger partial charge on any atom is -0.453 e. The number of hydrogen-bond donors (Lipinski definition) is 7. The van der Waals surface area contributed by atoms with Crippen LogP contribution in [0.15, 0.2) is 24.3 Å². The molecule has 2 aliphatic rings. The van der Waals surface area contributed by atoms with Crippen molar-refractivity contribution in [3.05, 3.63) is 24.3 Å². The van der Waals surface area contributed by atoms with Crippen molar-refractivity contribution in [1.82, 2.24) is 19.5 Å². The molecule has 42 heavy (non-hydrogen) atoms. The maximum Gasteiger partial charge on any atom is 0.481 e. The molecule has 2 saturated heterocycles. The minimum atomic E-state index is -5.39. The van der Waals surface area contributed by atoms with E-state index in [4.69, 9.17) is 19.9 Å². The molecule has 20 nitrogen and oxygen atoms in total. The van der Waals surface area contributed by atoms with Crippen LogP contribution >= 0.6 is 15.6 Å². The molecule has 4 heterocycles. The van der Waals surface area contributed by atoms with Gasteiger partial charge in [-0.1, -0.05) is 5.57 Å². The number of fused-ring (bicyclic) bond motifs is 1. The summed E-state index contributed by atoms with van der Waals surface area (Å²) in [6.07, 6.45) is -9.10. The number of carbonyl (C=O) groups is 1. The number of nitrogens with two attached hydrogens (primary N) is 1. The second-order valence-electron chi connectivity index (χ2n) is 9.42. The highest BCUT2D eigenvalue weighted by molar-refractivity contribution is 7.61. The average Bonchev–Trinajstić information content (AvgIpc) is 3.52. The summed E-state index contributed by atoms with van der Waals surface area (Å²) in [4.78, 5) is 43.7.